The number of pyridine rings is 1. The molecule has 0 unspecified atom stereocenters. The topological polar surface area (TPSA) is 12.9 Å². The molecule has 15 rings (SSSR count). The van der Waals surface area contributed by atoms with Gasteiger partial charge in [0, 0.05) is 10.9 Å². The molecule has 5 heteroatoms. The molecule has 0 aliphatic heterocycles. The van der Waals surface area contributed by atoms with Gasteiger partial charge < -0.3 is 0 Å². The van der Waals surface area contributed by atoms with E-state index in [9.17, 15) is 0 Å². The summed E-state index contributed by atoms with van der Waals surface area (Å²) < 4.78 is 0. The molecule has 0 saturated carbocycles. The highest BCUT2D eigenvalue weighted by Crippen LogP contribution is 2.35. The molecule has 0 aliphatic rings. The van der Waals surface area contributed by atoms with Crippen LogP contribution >= 0.6 is 31.7 Å². The predicted octanol–water partition coefficient (Wildman–Crippen LogP) is 17.7. The van der Waals surface area contributed by atoms with E-state index in [2.05, 4.69) is 399 Å². The van der Waals surface area contributed by atoms with Crippen molar-refractivity contribution in [3.8, 4) is 11.3 Å². The maximum Gasteiger partial charge on any atom is 0.0709 e. The lowest BCUT2D eigenvalue weighted by molar-refractivity contribution is 1.40. The van der Waals surface area contributed by atoms with Crippen molar-refractivity contribution < 1.29 is 0 Å². The van der Waals surface area contributed by atoms with Crippen LogP contribution in [0.2, 0.25) is 0 Å². The minimum absolute atomic E-state index is 0.446. The average molecular weight is 1250 g/mol. The SMILES string of the molecule is c1ccc(-c2ccc3ccccc3n2)cc1.c1ccc(P(c2ccccc2)c2ccccc2)cc1.c1ccc(P(c2ccccc2)c2ccccc2)cc1.c1ccc(P(c2ccccc2)c2ccccc2)cc1.c1ccc(P(c2ccccc2)c2ccccc2)cc1. The average Bonchev–Trinajstić information content (AvgIpc) is 2.69. The molecule has 1 heterocycles. The molecule has 15 aromatic rings. The number of rotatable bonds is 13. The molecule has 0 fully saturated rings. The minimum Gasteiger partial charge on any atom is -0.248 e. The number of hydrogen-bond acceptors (Lipinski definition) is 1. The Kier molecular flexibility index (Phi) is 24.2. The van der Waals surface area contributed by atoms with E-state index in [1.54, 1.807) is 0 Å². The van der Waals surface area contributed by atoms with E-state index < -0.39 is 31.7 Å². The van der Waals surface area contributed by atoms with Crippen molar-refractivity contribution in [2.24, 2.45) is 0 Å². The van der Waals surface area contributed by atoms with E-state index in [0.717, 1.165) is 16.8 Å². The fourth-order valence-electron chi connectivity index (χ4n) is 10.5. The minimum atomic E-state index is -0.446. The van der Waals surface area contributed by atoms with Crippen LogP contribution in [0.3, 0.4) is 0 Å². The van der Waals surface area contributed by atoms with Gasteiger partial charge in [-0.25, -0.2) is 4.98 Å². The zero-order valence-corrected chi connectivity index (χ0v) is 54.8. The van der Waals surface area contributed by atoms with E-state index in [4.69, 9.17) is 0 Å². The van der Waals surface area contributed by atoms with Crippen LogP contribution in [0, 0.1) is 0 Å². The monoisotopic (exact) mass is 1250 g/mol. The van der Waals surface area contributed by atoms with Gasteiger partial charge in [0.2, 0.25) is 0 Å². The number of aromatic nitrogens is 1. The molecule has 0 saturated heterocycles. The summed E-state index contributed by atoms with van der Waals surface area (Å²) in [5.41, 5.74) is 3.23. The Morgan fingerprint density at radius 1 is 0.141 bits per heavy atom. The first kappa shape index (κ1) is 63.8. The molecule has 1 aromatic heterocycles. The number of nitrogens with zero attached hydrogens (tertiary/aromatic N) is 1. The molecule has 0 bridgehead atoms. The summed E-state index contributed by atoms with van der Waals surface area (Å²) in [5, 5.41) is 18.0. The highest BCUT2D eigenvalue weighted by atomic mass is 31.1. The van der Waals surface area contributed by atoms with Gasteiger partial charge >= 0.3 is 0 Å². The first-order valence-corrected chi connectivity index (χ1v) is 36.3. The lowest BCUT2D eigenvalue weighted by Gasteiger charge is -2.18. The molecule has 444 valence electrons. The highest BCUT2D eigenvalue weighted by molar-refractivity contribution is 7.81. The van der Waals surface area contributed by atoms with Gasteiger partial charge in [0.05, 0.1) is 11.2 Å². The molecule has 0 atom stereocenters. The standard InChI is InChI=1S/4C18H15P.C15H11N/c4*1-4-10-16(11-5-1)19(17-12-6-2-7-13-17)18-14-8-3-9-15-18;1-2-6-12(7-3-1)15-11-10-13-8-4-5-9-14(13)16-15/h4*1-15H;1-11H. The van der Waals surface area contributed by atoms with Gasteiger partial charge in [-0.2, -0.15) is 0 Å². The Labute approximate surface area is 549 Å². The zero-order valence-electron chi connectivity index (χ0n) is 51.2. The number of hydrogen-bond donors (Lipinski definition) is 0. The normalized spacial score (nSPS) is 10.6. The Hall–Kier alpha value is -9.79. The summed E-state index contributed by atoms with van der Waals surface area (Å²) in [6.07, 6.45) is 0. The molecule has 0 spiro atoms. The van der Waals surface area contributed by atoms with E-state index in [1.165, 1.54) is 69.0 Å². The van der Waals surface area contributed by atoms with Crippen LogP contribution in [0.25, 0.3) is 22.2 Å². The first-order chi connectivity index (χ1) is 45.7. The van der Waals surface area contributed by atoms with Crippen molar-refractivity contribution in [1.82, 2.24) is 4.98 Å². The Bertz CT molecular complexity index is 3610. The summed E-state index contributed by atoms with van der Waals surface area (Å²) in [6.45, 7) is 0. The second-order valence-electron chi connectivity index (χ2n) is 21.1. The second-order valence-corrected chi connectivity index (χ2v) is 30.0. The van der Waals surface area contributed by atoms with E-state index in [1.807, 2.05) is 36.4 Å². The van der Waals surface area contributed by atoms with E-state index in [0.29, 0.717) is 0 Å². The molecular formula is C87H71NP4. The van der Waals surface area contributed by atoms with Crippen LogP contribution in [0.1, 0.15) is 0 Å². The van der Waals surface area contributed by atoms with Gasteiger partial charge in [0.15, 0.2) is 0 Å². The Balaban J connectivity index is 0.000000118. The quantitative estimate of drug-likeness (QED) is 0.105. The van der Waals surface area contributed by atoms with Crippen molar-refractivity contribution in [3.63, 3.8) is 0 Å². The van der Waals surface area contributed by atoms with Crippen LogP contribution in [-0.2, 0) is 0 Å². The fraction of sp³-hybridized carbons (Fsp3) is 0. The Morgan fingerprint density at radius 3 is 0.500 bits per heavy atom. The molecular weight excluding hydrogens is 1180 g/mol. The van der Waals surface area contributed by atoms with Crippen molar-refractivity contribution in [1.29, 1.82) is 0 Å². The number of para-hydroxylation sites is 1. The molecule has 0 amide bonds. The number of fused-ring (bicyclic) bond motifs is 1. The van der Waals surface area contributed by atoms with Crippen LogP contribution in [0.5, 0.6) is 0 Å². The van der Waals surface area contributed by atoms with Crippen molar-refractivity contribution in [2.45, 2.75) is 0 Å². The smallest absolute Gasteiger partial charge is 0.0709 e. The highest BCUT2D eigenvalue weighted by Gasteiger charge is 2.19. The van der Waals surface area contributed by atoms with Crippen LogP contribution < -0.4 is 63.7 Å². The molecule has 0 aliphatic carbocycles. The van der Waals surface area contributed by atoms with E-state index >= 15 is 0 Å². The third-order valence-corrected chi connectivity index (χ3v) is 24.6. The zero-order chi connectivity index (χ0) is 62.5. The third-order valence-electron chi connectivity index (χ3n) is 14.8. The van der Waals surface area contributed by atoms with Gasteiger partial charge in [-0.15, -0.1) is 0 Å². The molecule has 14 aromatic carbocycles. The molecule has 92 heavy (non-hydrogen) atoms. The van der Waals surface area contributed by atoms with Crippen molar-refractivity contribution >= 4 is 106 Å². The maximum atomic E-state index is 4.65. The lowest BCUT2D eigenvalue weighted by Crippen LogP contribution is -2.20. The second kappa shape index (κ2) is 35.0. The van der Waals surface area contributed by atoms with Crippen molar-refractivity contribution in [2.75, 3.05) is 0 Å². The van der Waals surface area contributed by atoms with E-state index in [-0.39, 0.29) is 0 Å². The fourth-order valence-corrected chi connectivity index (χ4v) is 19.8. The van der Waals surface area contributed by atoms with Gasteiger partial charge in [-0.05, 0) is 107 Å². The maximum absolute atomic E-state index is 4.65. The molecule has 0 N–H and O–H groups in total. The first-order valence-electron chi connectivity index (χ1n) is 31.0. The Morgan fingerprint density at radius 2 is 0.304 bits per heavy atom. The predicted molar refractivity (Wildman–Crippen MR) is 408 cm³/mol. The van der Waals surface area contributed by atoms with Crippen LogP contribution in [0.15, 0.2) is 431 Å². The van der Waals surface area contributed by atoms with Gasteiger partial charge in [-0.1, -0.05) is 419 Å². The largest absolute Gasteiger partial charge is 0.248 e. The van der Waals surface area contributed by atoms with Gasteiger partial charge in [0.1, 0.15) is 0 Å². The van der Waals surface area contributed by atoms with Gasteiger partial charge in [-0.3, -0.25) is 0 Å². The summed E-state index contributed by atoms with van der Waals surface area (Å²) in [6, 6.07) is 152. The van der Waals surface area contributed by atoms with Crippen molar-refractivity contribution in [3.05, 3.63) is 431 Å². The lowest BCUT2D eigenvalue weighted by atomic mass is 10.1. The third kappa shape index (κ3) is 18.2. The summed E-state index contributed by atoms with van der Waals surface area (Å²) in [5.74, 6) is 0. The summed E-state index contributed by atoms with van der Waals surface area (Å²) >= 11 is 0. The van der Waals surface area contributed by atoms with Crippen LogP contribution in [-0.4, -0.2) is 4.98 Å². The molecule has 0 radical (unpaired) electrons. The summed E-state index contributed by atoms with van der Waals surface area (Å²) in [7, 11) is -1.78. The van der Waals surface area contributed by atoms with Crippen LogP contribution in [0.4, 0.5) is 0 Å². The summed E-state index contributed by atoms with van der Waals surface area (Å²) in [4.78, 5) is 4.65. The number of benzene rings is 14. The van der Waals surface area contributed by atoms with Gasteiger partial charge in [0.25, 0.3) is 0 Å². The molecule has 1 nitrogen and oxygen atoms in total.